The van der Waals surface area contributed by atoms with Crippen LogP contribution in [0.5, 0.6) is 0 Å². The van der Waals surface area contributed by atoms with Crippen LogP contribution in [0.3, 0.4) is 0 Å². The SMILES string of the molecule is NCC1CCCc2ccc(C(=O)N[C@@H]3CNC[C@@H]3O)cc21. The number of benzene rings is 1. The molecule has 1 aromatic rings. The van der Waals surface area contributed by atoms with E-state index in [1.807, 2.05) is 12.1 Å². The van der Waals surface area contributed by atoms with Gasteiger partial charge in [0, 0.05) is 18.7 Å². The van der Waals surface area contributed by atoms with Gasteiger partial charge >= 0.3 is 0 Å². The number of hydrogen-bond donors (Lipinski definition) is 4. The number of carbonyl (C=O) groups is 1. The van der Waals surface area contributed by atoms with E-state index in [-0.39, 0.29) is 11.9 Å². The Bertz CT molecular complexity index is 532. The summed E-state index contributed by atoms with van der Waals surface area (Å²) >= 11 is 0. The van der Waals surface area contributed by atoms with Crippen molar-refractivity contribution < 1.29 is 9.90 Å². The van der Waals surface area contributed by atoms with Gasteiger partial charge in [-0.2, -0.15) is 0 Å². The summed E-state index contributed by atoms with van der Waals surface area (Å²) in [5.74, 6) is 0.243. The molecular weight excluding hydrogens is 266 g/mol. The zero-order valence-electron chi connectivity index (χ0n) is 12.1. The van der Waals surface area contributed by atoms with Crippen LogP contribution in [0.25, 0.3) is 0 Å². The molecule has 5 N–H and O–H groups in total. The Kier molecular flexibility index (Phi) is 4.24. The lowest BCUT2D eigenvalue weighted by atomic mass is 9.82. The summed E-state index contributed by atoms with van der Waals surface area (Å²) < 4.78 is 0. The van der Waals surface area contributed by atoms with Crippen molar-refractivity contribution in [2.75, 3.05) is 19.6 Å². The first-order valence-corrected chi connectivity index (χ1v) is 7.71. The second kappa shape index (κ2) is 6.13. The fourth-order valence-corrected chi connectivity index (χ4v) is 3.35. The molecular formula is C16H23N3O2. The molecule has 0 aromatic heterocycles. The van der Waals surface area contributed by atoms with Gasteiger partial charge in [0.2, 0.25) is 0 Å². The molecule has 1 aliphatic heterocycles. The smallest absolute Gasteiger partial charge is 0.251 e. The molecule has 1 fully saturated rings. The van der Waals surface area contributed by atoms with Gasteiger partial charge in [0.15, 0.2) is 0 Å². The second-order valence-electron chi connectivity index (χ2n) is 6.04. The predicted octanol–water partition coefficient (Wildman–Crippen LogP) is 0.128. The summed E-state index contributed by atoms with van der Waals surface area (Å²) in [5, 5.41) is 15.7. The van der Waals surface area contributed by atoms with Crippen molar-refractivity contribution in [3.05, 3.63) is 34.9 Å². The van der Waals surface area contributed by atoms with Gasteiger partial charge in [-0.1, -0.05) is 6.07 Å². The zero-order chi connectivity index (χ0) is 14.8. The van der Waals surface area contributed by atoms with Gasteiger partial charge in [-0.25, -0.2) is 0 Å². The molecule has 0 bridgehead atoms. The number of aryl methyl sites for hydroxylation is 1. The van der Waals surface area contributed by atoms with Crippen molar-refractivity contribution in [3.63, 3.8) is 0 Å². The first kappa shape index (κ1) is 14.5. The van der Waals surface area contributed by atoms with E-state index >= 15 is 0 Å². The third kappa shape index (κ3) is 2.95. The third-order valence-electron chi connectivity index (χ3n) is 4.63. The van der Waals surface area contributed by atoms with Crippen LogP contribution in [0.4, 0.5) is 0 Å². The first-order valence-electron chi connectivity index (χ1n) is 7.71. The van der Waals surface area contributed by atoms with E-state index in [4.69, 9.17) is 5.73 Å². The van der Waals surface area contributed by atoms with Crippen LogP contribution in [-0.4, -0.2) is 42.8 Å². The number of β-amino-alcohol motifs (C(OH)–C–C–N with tert-alkyl or cyclic N) is 1. The van der Waals surface area contributed by atoms with E-state index in [1.165, 1.54) is 17.5 Å². The minimum absolute atomic E-state index is 0.119. The minimum atomic E-state index is -0.511. The molecule has 3 atom stereocenters. The van der Waals surface area contributed by atoms with Gasteiger partial charge in [-0.05, 0) is 55.0 Å². The highest BCUT2D eigenvalue weighted by atomic mass is 16.3. The number of nitrogens with two attached hydrogens (primary N) is 1. The van der Waals surface area contributed by atoms with E-state index in [9.17, 15) is 9.90 Å². The van der Waals surface area contributed by atoms with E-state index < -0.39 is 6.10 Å². The van der Waals surface area contributed by atoms with Gasteiger partial charge in [0.05, 0.1) is 12.1 Å². The van der Waals surface area contributed by atoms with Crippen molar-refractivity contribution >= 4 is 5.91 Å². The summed E-state index contributed by atoms with van der Waals surface area (Å²) in [6, 6.07) is 5.70. The second-order valence-corrected chi connectivity index (χ2v) is 6.04. The van der Waals surface area contributed by atoms with Crippen molar-refractivity contribution in [1.82, 2.24) is 10.6 Å². The highest BCUT2D eigenvalue weighted by Gasteiger charge is 2.27. The van der Waals surface area contributed by atoms with Crippen LogP contribution >= 0.6 is 0 Å². The van der Waals surface area contributed by atoms with Gasteiger partial charge in [-0.3, -0.25) is 4.79 Å². The molecule has 1 heterocycles. The quantitative estimate of drug-likeness (QED) is 0.637. The van der Waals surface area contributed by atoms with E-state index in [2.05, 4.69) is 16.7 Å². The Morgan fingerprint density at radius 3 is 3.00 bits per heavy atom. The predicted molar refractivity (Wildman–Crippen MR) is 81.3 cm³/mol. The Hall–Kier alpha value is -1.43. The molecule has 1 amide bonds. The molecule has 1 aromatic carbocycles. The van der Waals surface area contributed by atoms with Crippen LogP contribution in [-0.2, 0) is 6.42 Å². The van der Waals surface area contributed by atoms with Crippen LogP contribution < -0.4 is 16.4 Å². The van der Waals surface area contributed by atoms with Crippen LogP contribution in [0.2, 0.25) is 0 Å². The number of fused-ring (bicyclic) bond motifs is 1. The molecule has 2 aliphatic rings. The summed E-state index contributed by atoms with van der Waals surface area (Å²) in [6.45, 7) is 1.77. The number of carbonyl (C=O) groups excluding carboxylic acids is 1. The molecule has 21 heavy (non-hydrogen) atoms. The number of aliphatic hydroxyl groups is 1. The molecule has 1 aliphatic carbocycles. The summed E-state index contributed by atoms with van der Waals surface area (Å²) in [7, 11) is 0. The molecule has 0 saturated carbocycles. The largest absolute Gasteiger partial charge is 0.390 e. The van der Waals surface area contributed by atoms with Crippen molar-refractivity contribution in [3.8, 4) is 0 Å². The van der Waals surface area contributed by atoms with Gasteiger partial charge in [0.1, 0.15) is 0 Å². The fraction of sp³-hybridized carbons (Fsp3) is 0.562. The van der Waals surface area contributed by atoms with E-state index in [0.717, 1.165) is 12.8 Å². The Morgan fingerprint density at radius 1 is 1.43 bits per heavy atom. The Balaban J connectivity index is 1.77. The molecule has 3 rings (SSSR count). The zero-order valence-corrected chi connectivity index (χ0v) is 12.1. The average Bonchev–Trinajstić information content (AvgIpc) is 2.91. The lowest BCUT2D eigenvalue weighted by Crippen LogP contribution is -2.42. The van der Waals surface area contributed by atoms with E-state index in [1.54, 1.807) is 0 Å². The molecule has 1 unspecified atom stereocenters. The van der Waals surface area contributed by atoms with Gasteiger partial charge in [-0.15, -0.1) is 0 Å². The lowest BCUT2D eigenvalue weighted by Gasteiger charge is -2.25. The van der Waals surface area contributed by atoms with Crippen molar-refractivity contribution in [2.24, 2.45) is 5.73 Å². The van der Waals surface area contributed by atoms with Crippen LogP contribution in [0, 0.1) is 0 Å². The van der Waals surface area contributed by atoms with Crippen LogP contribution in [0.15, 0.2) is 18.2 Å². The first-order chi connectivity index (χ1) is 10.2. The number of nitrogens with one attached hydrogen (secondary N) is 2. The van der Waals surface area contributed by atoms with Crippen molar-refractivity contribution in [1.29, 1.82) is 0 Å². The average molecular weight is 289 g/mol. The maximum atomic E-state index is 12.3. The summed E-state index contributed by atoms with van der Waals surface area (Å²) in [6.07, 6.45) is 2.82. The monoisotopic (exact) mass is 289 g/mol. The maximum absolute atomic E-state index is 12.3. The summed E-state index contributed by atoms with van der Waals surface area (Å²) in [5.41, 5.74) is 9.05. The van der Waals surface area contributed by atoms with Gasteiger partial charge in [0.25, 0.3) is 5.91 Å². The number of hydrogen-bond acceptors (Lipinski definition) is 4. The number of rotatable bonds is 3. The summed E-state index contributed by atoms with van der Waals surface area (Å²) in [4.78, 5) is 12.3. The number of amides is 1. The minimum Gasteiger partial charge on any atom is -0.390 e. The van der Waals surface area contributed by atoms with Crippen molar-refractivity contribution in [2.45, 2.75) is 37.3 Å². The Morgan fingerprint density at radius 2 is 2.29 bits per heavy atom. The standard InChI is InChI=1S/C16H23N3O2/c17-7-12-3-1-2-10-4-5-11(6-13(10)12)16(21)19-14-8-18-9-15(14)20/h4-6,12,14-15,18,20H,1-3,7-9,17H2,(H,19,21)/t12?,14-,15+/m1/s1. The Labute approximate surface area is 124 Å². The highest BCUT2D eigenvalue weighted by molar-refractivity contribution is 5.94. The van der Waals surface area contributed by atoms with Gasteiger partial charge < -0.3 is 21.5 Å². The normalized spacial score (nSPS) is 28.2. The maximum Gasteiger partial charge on any atom is 0.251 e. The third-order valence-corrected chi connectivity index (χ3v) is 4.63. The number of aliphatic hydroxyl groups excluding tert-OH is 1. The molecule has 5 heteroatoms. The fourth-order valence-electron chi connectivity index (χ4n) is 3.35. The lowest BCUT2D eigenvalue weighted by molar-refractivity contribution is 0.0888. The molecule has 1 saturated heterocycles. The molecule has 5 nitrogen and oxygen atoms in total. The van der Waals surface area contributed by atoms with Crippen LogP contribution in [0.1, 0.15) is 40.2 Å². The molecule has 0 radical (unpaired) electrons. The molecule has 0 spiro atoms. The van der Waals surface area contributed by atoms with E-state index in [0.29, 0.717) is 31.1 Å². The molecule has 114 valence electrons. The topological polar surface area (TPSA) is 87.4 Å². The highest BCUT2D eigenvalue weighted by Crippen LogP contribution is 2.31.